The molecule has 1 aromatic carbocycles. The van der Waals surface area contributed by atoms with Gasteiger partial charge in [0.15, 0.2) is 5.75 Å². The van der Waals surface area contributed by atoms with Crippen LogP contribution in [0.5, 0.6) is 5.75 Å². The van der Waals surface area contributed by atoms with E-state index in [4.69, 9.17) is 16.2 Å². The van der Waals surface area contributed by atoms with E-state index in [2.05, 4.69) is 6.92 Å². The number of nitrogens with two attached hydrogens (primary N) is 2. The van der Waals surface area contributed by atoms with Crippen molar-refractivity contribution in [2.24, 2.45) is 0 Å². The molecule has 0 aromatic heterocycles. The van der Waals surface area contributed by atoms with E-state index in [1.165, 1.54) is 19.3 Å². The second-order valence-corrected chi connectivity index (χ2v) is 5.86. The molecule has 1 aliphatic rings. The van der Waals surface area contributed by atoms with Gasteiger partial charge in [-0.3, -0.25) is 0 Å². The maximum Gasteiger partial charge on any atom is 0.157 e. The summed E-state index contributed by atoms with van der Waals surface area (Å²) in [5, 5.41) is 0.506. The largest absolute Gasteiger partial charge is 0.489 e. The number of aryl methyl sites for hydroxylation is 1. The highest BCUT2D eigenvalue weighted by atomic mass is 32.2. The Morgan fingerprint density at radius 3 is 2.94 bits per heavy atom. The average Bonchev–Trinajstić information content (AvgIpc) is 2.33. The van der Waals surface area contributed by atoms with Gasteiger partial charge in [0.1, 0.15) is 6.61 Å². The van der Waals surface area contributed by atoms with Gasteiger partial charge in [0.2, 0.25) is 0 Å². The molecule has 3 nitrogen and oxygen atoms in total. The highest BCUT2D eigenvalue weighted by Crippen LogP contribution is 2.46. The first-order valence-corrected chi connectivity index (χ1v) is 6.99. The number of anilines is 2. The molecule has 1 aromatic rings. The minimum Gasteiger partial charge on any atom is -0.489 e. The number of benzene rings is 1. The lowest BCUT2D eigenvalue weighted by Crippen LogP contribution is -2.20. The van der Waals surface area contributed by atoms with Crippen LogP contribution in [0.25, 0.3) is 0 Å². The second kappa shape index (κ2) is 5.08. The third-order valence-corrected chi connectivity index (χ3v) is 4.43. The van der Waals surface area contributed by atoms with Crippen molar-refractivity contribution in [3.63, 3.8) is 0 Å². The van der Waals surface area contributed by atoms with Crippen LogP contribution in [0.2, 0.25) is 0 Å². The number of hydrogen-bond donors (Lipinski definition) is 2. The van der Waals surface area contributed by atoms with Crippen molar-refractivity contribution in [1.29, 1.82) is 0 Å². The molecular formula is C13H20N2OS. The fourth-order valence-electron chi connectivity index (χ4n) is 2.03. The summed E-state index contributed by atoms with van der Waals surface area (Å²) in [5.41, 5.74) is 14.6. The van der Waals surface area contributed by atoms with Gasteiger partial charge in [-0.1, -0.05) is 19.8 Å². The van der Waals surface area contributed by atoms with Crippen LogP contribution in [0.3, 0.4) is 0 Å². The highest BCUT2D eigenvalue weighted by molar-refractivity contribution is 8.00. The van der Waals surface area contributed by atoms with E-state index >= 15 is 0 Å². The summed E-state index contributed by atoms with van der Waals surface area (Å²) in [5.74, 6) is 0.783. The quantitative estimate of drug-likeness (QED) is 0.811. The van der Waals surface area contributed by atoms with Crippen LogP contribution >= 0.6 is 11.8 Å². The average molecular weight is 252 g/mol. The summed E-state index contributed by atoms with van der Waals surface area (Å²) in [6.45, 7) is 4.94. The molecule has 17 heavy (non-hydrogen) atoms. The molecule has 0 radical (unpaired) electrons. The molecule has 0 saturated heterocycles. The maximum absolute atomic E-state index is 6.11. The molecule has 1 atom stereocenters. The van der Waals surface area contributed by atoms with E-state index < -0.39 is 0 Å². The molecule has 2 rings (SSSR count). The summed E-state index contributed by atoms with van der Waals surface area (Å²) in [6, 6.07) is 1.89. The lowest BCUT2D eigenvalue weighted by molar-refractivity contribution is 0.298. The van der Waals surface area contributed by atoms with Gasteiger partial charge >= 0.3 is 0 Å². The van der Waals surface area contributed by atoms with Crippen LogP contribution in [0, 0.1) is 6.92 Å². The van der Waals surface area contributed by atoms with Gasteiger partial charge in [0.05, 0.1) is 16.3 Å². The van der Waals surface area contributed by atoms with Crippen LogP contribution in [-0.4, -0.2) is 11.9 Å². The summed E-state index contributed by atoms with van der Waals surface area (Å²) in [4.78, 5) is 1.04. The van der Waals surface area contributed by atoms with Gasteiger partial charge in [0, 0.05) is 5.25 Å². The van der Waals surface area contributed by atoms with E-state index in [1.807, 2.05) is 24.8 Å². The van der Waals surface area contributed by atoms with Gasteiger partial charge in [0.25, 0.3) is 0 Å². The predicted molar refractivity (Wildman–Crippen MR) is 74.7 cm³/mol. The van der Waals surface area contributed by atoms with Crippen LogP contribution in [0.15, 0.2) is 11.0 Å². The topological polar surface area (TPSA) is 61.3 Å². The zero-order valence-corrected chi connectivity index (χ0v) is 11.3. The smallest absolute Gasteiger partial charge is 0.157 e. The molecule has 0 spiro atoms. The molecule has 4 heteroatoms. The third-order valence-electron chi connectivity index (χ3n) is 3.09. The van der Waals surface area contributed by atoms with Crippen molar-refractivity contribution in [2.75, 3.05) is 18.1 Å². The zero-order chi connectivity index (χ0) is 12.4. The van der Waals surface area contributed by atoms with Crippen molar-refractivity contribution in [2.45, 2.75) is 43.3 Å². The molecular weight excluding hydrogens is 232 g/mol. The Balaban J connectivity index is 2.24. The number of hydrogen-bond acceptors (Lipinski definition) is 4. The van der Waals surface area contributed by atoms with Crippen molar-refractivity contribution in [3.8, 4) is 5.75 Å². The Hall–Kier alpha value is -1.03. The van der Waals surface area contributed by atoms with E-state index in [-0.39, 0.29) is 0 Å². The Morgan fingerprint density at radius 1 is 1.47 bits per heavy atom. The number of nitrogen functional groups attached to an aromatic ring is 2. The third kappa shape index (κ3) is 2.46. The molecule has 0 saturated carbocycles. The van der Waals surface area contributed by atoms with Crippen LogP contribution in [0.1, 0.15) is 31.7 Å². The normalized spacial score (nSPS) is 18.6. The minimum atomic E-state index is 0.506. The molecule has 4 N–H and O–H groups in total. The van der Waals surface area contributed by atoms with E-state index in [9.17, 15) is 0 Å². The molecule has 0 amide bonds. The molecule has 1 unspecified atom stereocenters. The Morgan fingerprint density at radius 2 is 2.24 bits per heavy atom. The van der Waals surface area contributed by atoms with E-state index in [0.29, 0.717) is 10.9 Å². The van der Waals surface area contributed by atoms with Crippen LogP contribution in [-0.2, 0) is 0 Å². The summed E-state index contributed by atoms with van der Waals surface area (Å²) >= 11 is 1.82. The predicted octanol–water partition coefficient (Wildman–Crippen LogP) is 3.20. The van der Waals surface area contributed by atoms with Crippen molar-refractivity contribution < 1.29 is 4.74 Å². The number of thioether (sulfide) groups is 1. The SMILES string of the molecule is CCCCC1COc2c(N)cc(C)c(N)c2S1. The molecule has 1 aliphatic heterocycles. The van der Waals surface area contributed by atoms with E-state index in [0.717, 1.165) is 28.5 Å². The van der Waals surface area contributed by atoms with Gasteiger partial charge in [-0.2, -0.15) is 0 Å². The lowest BCUT2D eigenvalue weighted by Gasteiger charge is -2.27. The lowest BCUT2D eigenvalue weighted by atomic mass is 10.1. The summed E-state index contributed by atoms with van der Waals surface area (Å²) < 4.78 is 5.77. The molecule has 0 fully saturated rings. The van der Waals surface area contributed by atoms with Gasteiger partial charge < -0.3 is 16.2 Å². The van der Waals surface area contributed by atoms with Crippen molar-refractivity contribution in [1.82, 2.24) is 0 Å². The molecule has 1 heterocycles. The summed E-state index contributed by atoms with van der Waals surface area (Å²) in [7, 11) is 0. The number of fused-ring (bicyclic) bond motifs is 1. The Labute approximate surface area is 107 Å². The first-order valence-electron chi connectivity index (χ1n) is 6.11. The first kappa shape index (κ1) is 12.4. The first-order chi connectivity index (χ1) is 8.13. The fraction of sp³-hybridized carbons (Fsp3) is 0.538. The van der Waals surface area contributed by atoms with Crippen molar-refractivity contribution >= 4 is 23.1 Å². The summed E-state index contributed by atoms with van der Waals surface area (Å²) in [6.07, 6.45) is 3.63. The minimum absolute atomic E-state index is 0.506. The van der Waals surface area contributed by atoms with Crippen LogP contribution < -0.4 is 16.2 Å². The fourth-order valence-corrected chi connectivity index (χ4v) is 3.35. The Kier molecular flexibility index (Phi) is 3.72. The maximum atomic E-state index is 6.11. The second-order valence-electron chi connectivity index (χ2n) is 4.55. The molecule has 0 aliphatic carbocycles. The number of ether oxygens (including phenoxy) is 1. The molecule has 94 valence electrons. The molecule has 0 bridgehead atoms. The van der Waals surface area contributed by atoms with Gasteiger partial charge in [-0.15, -0.1) is 11.8 Å². The van der Waals surface area contributed by atoms with Crippen LogP contribution in [0.4, 0.5) is 11.4 Å². The monoisotopic (exact) mass is 252 g/mol. The number of unbranched alkanes of at least 4 members (excludes halogenated alkanes) is 1. The highest BCUT2D eigenvalue weighted by Gasteiger charge is 2.25. The number of rotatable bonds is 3. The van der Waals surface area contributed by atoms with E-state index in [1.54, 1.807) is 0 Å². The van der Waals surface area contributed by atoms with Gasteiger partial charge in [-0.05, 0) is 25.0 Å². The van der Waals surface area contributed by atoms with Crippen molar-refractivity contribution in [3.05, 3.63) is 11.6 Å². The van der Waals surface area contributed by atoms with Gasteiger partial charge in [-0.25, -0.2) is 0 Å². The zero-order valence-electron chi connectivity index (χ0n) is 10.5. The Bertz CT molecular complexity index is 420. The standard InChI is InChI=1S/C13H20N2OS/c1-3-4-5-9-7-16-12-10(14)6-8(2)11(15)13(12)17-9/h6,9H,3-5,7,14-15H2,1-2H3.